The van der Waals surface area contributed by atoms with Crippen molar-refractivity contribution in [1.29, 1.82) is 0 Å². The van der Waals surface area contributed by atoms with E-state index in [1.54, 1.807) is 0 Å². The van der Waals surface area contributed by atoms with Gasteiger partial charge in [0.25, 0.3) is 0 Å². The topological polar surface area (TPSA) is 60.2 Å². The number of primary sulfonamides is 1. The van der Waals surface area contributed by atoms with E-state index in [4.69, 9.17) is 5.14 Å². The SMILES string of the molecule is NS(=O)(=O)C1(Cc2ccccc2)CC1. The number of hydrogen-bond donors (Lipinski definition) is 1. The lowest BCUT2D eigenvalue weighted by Gasteiger charge is -2.11. The molecule has 14 heavy (non-hydrogen) atoms. The Labute approximate surface area is 84.0 Å². The molecule has 0 heterocycles. The predicted molar refractivity (Wildman–Crippen MR) is 55.2 cm³/mol. The minimum atomic E-state index is -3.39. The second-order valence-corrected chi connectivity index (χ2v) is 5.85. The highest BCUT2D eigenvalue weighted by Gasteiger charge is 2.52. The molecule has 0 atom stereocenters. The van der Waals surface area contributed by atoms with Crippen LogP contribution in [0.2, 0.25) is 0 Å². The lowest BCUT2D eigenvalue weighted by molar-refractivity contribution is 0.577. The van der Waals surface area contributed by atoms with E-state index >= 15 is 0 Å². The van der Waals surface area contributed by atoms with Gasteiger partial charge < -0.3 is 0 Å². The molecule has 1 aromatic carbocycles. The highest BCUT2D eigenvalue weighted by molar-refractivity contribution is 7.90. The van der Waals surface area contributed by atoms with Crippen LogP contribution in [0.5, 0.6) is 0 Å². The van der Waals surface area contributed by atoms with E-state index in [-0.39, 0.29) is 0 Å². The number of rotatable bonds is 3. The molecule has 0 aromatic heterocycles. The summed E-state index contributed by atoms with van der Waals surface area (Å²) in [6.07, 6.45) is 1.94. The third-order valence-corrected chi connectivity index (χ3v) is 4.54. The zero-order chi connectivity index (χ0) is 10.2. The molecule has 0 radical (unpaired) electrons. The molecule has 1 fully saturated rings. The quantitative estimate of drug-likeness (QED) is 0.812. The average Bonchev–Trinajstić information content (AvgIpc) is 2.86. The van der Waals surface area contributed by atoms with Crippen molar-refractivity contribution in [2.24, 2.45) is 5.14 Å². The first-order valence-corrected chi connectivity index (χ1v) is 6.14. The molecule has 0 spiro atoms. The summed E-state index contributed by atoms with van der Waals surface area (Å²) in [5, 5.41) is 5.20. The van der Waals surface area contributed by atoms with Crippen molar-refractivity contribution < 1.29 is 8.42 Å². The Hall–Kier alpha value is -0.870. The second-order valence-electron chi connectivity index (χ2n) is 3.89. The second kappa shape index (κ2) is 3.07. The van der Waals surface area contributed by atoms with Gasteiger partial charge in [0, 0.05) is 0 Å². The molecule has 3 nitrogen and oxygen atoms in total. The molecule has 0 saturated heterocycles. The Morgan fingerprint density at radius 1 is 1.21 bits per heavy atom. The summed E-state index contributed by atoms with van der Waals surface area (Å²) in [6, 6.07) is 9.61. The van der Waals surface area contributed by atoms with E-state index in [1.165, 1.54) is 0 Å². The summed E-state index contributed by atoms with van der Waals surface area (Å²) in [6.45, 7) is 0. The van der Waals surface area contributed by atoms with Crippen molar-refractivity contribution in [2.45, 2.75) is 24.0 Å². The van der Waals surface area contributed by atoms with Crippen LogP contribution in [-0.2, 0) is 16.4 Å². The minimum absolute atomic E-state index is 0.548. The monoisotopic (exact) mass is 211 g/mol. The fourth-order valence-electron chi connectivity index (χ4n) is 1.67. The van der Waals surface area contributed by atoms with E-state index < -0.39 is 14.8 Å². The molecule has 0 amide bonds. The molecule has 2 rings (SSSR count). The van der Waals surface area contributed by atoms with Crippen LogP contribution < -0.4 is 5.14 Å². The summed E-state index contributed by atoms with van der Waals surface area (Å²) >= 11 is 0. The van der Waals surface area contributed by atoms with Crippen molar-refractivity contribution in [3.8, 4) is 0 Å². The van der Waals surface area contributed by atoms with Gasteiger partial charge in [-0.1, -0.05) is 30.3 Å². The zero-order valence-electron chi connectivity index (χ0n) is 7.81. The lowest BCUT2D eigenvalue weighted by atomic mass is 10.1. The van der Waals surface area contributed by atoms with Crippen LogP contribution in [0.1, 0.15) is 18.4 Å². The minimum Gasteiger partial charge on any atom is -0.228 e. The van der Waals surface area contributed by atoms with Gasteiger partial charge in [-0.15, -0.1) is 0 Å². The standard InChI is InChI=1S/C10H13NO2S/c11-14(12,13)10(6-7-10)8-9-4-2-1-3-5-9/h1-5H,6-8H2,(H2,11,12,13). The van der Waals surface area contributed by atoms with E-state index in [1.807, 2.05) is 30.3 Å². The predicted octanol–water partition coefficient (Wildman–Crippen LogP) is 1.05. The van der Waals surface area contributed by atoms with Gasteiger partial charge in [-0.05, 0) is 24.8 Å². The molecular weight excluding hydrogens is 198 g/mol. The van der Waals surface area contributed by atoms with E-state index in [9.17, 15) is 8.42 Å². The van der Waals surface area contributed by atoms with Crippen LogP contribution in [0.15, 0.2) is 30.3 Å². The van der Waals surface area contributed by atoms with Gasteiger partial charge in [-0.25, -0.2) is 13.6 Å². The van der Waals surface area contributed by atoms with E-state index in [0.717, 1.165) is 5.56 Å². The summed E-state index contributed by atoms with van der Waals surface area (Å²) in [5.41, 5.74) is 1.04. The van der Waals surface area contributed by atoms with Gasteiger partial charge >= 0.3 is 0 Å². The highest BCUT2D eigenvalue weighted by atomic mass is 32.2. The zero-order valence-corrected chi connectivity index (χ0v) is 8.63. The highest BCUT2D eigenvalue weighted by Crippen LogP contribution is 2.44. The Morgan fingerprint density at radius 3 is 2.21 bits per heavy atom. The van der Waals surface area contributed by atoms with Crippen molar-refractivity contribution in [3.63, 3.8) is 0 Å². The summed E-state index contributed by atoms with van der Waals surface area (Å²) in [7, 11) is -3.39. The van der Waals surface area contributed by atoms with Gasteiger partial charge in [0.05, 0.1) is 4.75 Å². The van der Waals surface area contributed by atoms with Gasteiger partial charge in [0.1, 0.15) is 0 Å². The van der Waals surface area contributed by atoms with E-state index in [0.29, 0.717) is 19.3 Å². The van der Waals surface area contributed by atoms with Gasteiger partial charge in [0.2, 0.25) is 10.0 Å². The molecule has 2 N–H and O–H groups in total. The molecule has 4 heteroatoms. The van der Waals surface area contributed by atoms with Crippen LogP contribution in [0.3, 0.4) is 0 Å². The number of nitrogens with two attached hydrogens (primary N) is 1. The van der Waals surface area contributed by atoms with Crippen molar-refractivity contribution in [1.82, 2.24) is 0 Å². The van der Waals surface area contributed by atoms with Crippen LogP contribution >= 0.6 is 0 Å². The normalized spacial score (nSPS) is 19.2. The fraction of sp³-hybridized carbons (Fsp3) is 0.400. The first-order valence-electron chi connectivity index (χ1n) is 4.60. The number of benzene rings is 1. The Morgan fingerprint density at radius 2 is 1.79 bits per heavy atom. The molecule has 1 aromatic rings. The van der Waals surface area contributed by atoms with Crippen LogP contribution in [0.25, 0.3) is 0 Å². The van der Waals surface area contributed by atoms with Gasteiger partial charge in [-0.2, -0.15) is 0 Å². The smallest absolute Gasteiger partial charge is 0.215 e. The molecule has 0 aliphatic heterocycles. The fourth-order valence-corrected chi connectivity index (χ4v) is 2.71. The number of hydrogen-bond acceptors (Lipinski definition) is 2. The molecule has 1 saturated carbocycles. The van der Waals surface area contributed by atoms with Crippen LogP contribution in [0, 0.1) is 0 Å². The molecule has 0 unspecified atom stereocenters. The molecule has 0 bridgehead atoms. The molecular formula is C10H13NO2S. The van der Waals surface area contributed by atoms with Crippen molar-refractivity contribution >= 4 is 10.0 Å². The van der Waals surface area contributed by atoms with Gasteiger partial charge in [-0.3, -0.25) is 0 Å². The third-order valence-electron chi connectivity index (χ3n) is 2.78. The summed E-state index contributed by atoms with van der Waals surface area (Å²) in [4.78, 5) is 0. The maximum atomic E-state index is 11.3. The molecule has 76 valence electrons. The Bertz CT molecular complexity index is 421. The summed E-state index contributed by atoms with van der Waals surface area (Å²) in [5.74, 6) is 0. The average molecular weight is 211 g/mol. The Balaban J connectivity index is 2.21. The van der Waals surface area contributed by atoms with E-state index in [2.05, 4.69) is 0 Å². The first kappa shape index (κ1) is 9.68. The lowest BCUT2D eigenvalue weighted by Crippen LogP contribution is -2.32. The maximum Gasteiger partial charge on any atom is 0.215 e. The van der Waals surface area contributed by atoms with Crippen LogP contribution in [-0.4, -0.2) is 13.2 Å². The third kappa shape index (κ3) is 1.67. The molecule has 1 aliphatic carbocycles. The van der Waals surface area contributed by atoms with Crippen LogP contribution in [0.4, 0.5) is 0 Å². The maximum absolute atomic E-state index is 11.3. The van der Waals surface area contributed by atoms with Gasteiger partial charge in [0.15, 0.2) is 0 Å². The van der Waals surface area contributed by atoms with Crippen molar-refractivity contribution in [2.75, 3.05) is 0 Å². The van der Waals surface area contributed by atoms with Crippen molar-refractivity contribution in [3.05, 3.63) is 35.9 Å². The first-order chi connectivity index (χ1) is 6.54. The number of sulfonamides is 1. The largest absolute Gasteiger partial charge is 0.228 e. The molecule has 1 aliphatic rings. The Kier molecular flexibility index (Phi) is 2.12. The summed E-state index contributed by atoms with van der Waals surface area (Å²) < 4.78 is 21.9.